The van der Waals surface area contributed by atoms with Crippen molar-refractivity contribution >= 4 is 82.3 Å². The molecule has 0 spiro atoms. The van der Waals surface area contributed by atoms with Gasteiger partial charge < -0.3 is 0 Å². The van der Waals surface area contributed by atoms with Gasteiger partial charge >= 0.3 is 74.2 Å². The summed E-state index contributed by atoms with van der Waals surface area (Å²) < 4.78 is 1.43. The topological polar surface area (TPSA) is 0 Å². The molecule has 6 radical (unpaired) electrons. The average molecular weight is 419 g/mol. The molecule has 10 heavy (non-hydrogen) atoms. The minimum absolute atomic E-state index is 0. The maximum absolute atomic E-state index is 2.23. The Kier molecular flexibility index (Phi) is 124. The summed E-state index contributed by atoms with van der Waals surface area (Å²) in [6.45, 7) is 2.23. The molecule has 0 bridgehead atoms. The number of unbranched alkanes of at least 4 members (excludes halogenated alkanes) is 1. The number of hydrogen-bond donors (Lipinski definition) is 0. The molecule has 0 aliphatic heterocycles. The van der Waals surface area contributed by atoms with Crippen LogP contribution in [0.25, 0.3) is 0 Å². The van der Waals surface area contributed by atoms with Crippen molar-refractivity contribution in [2.45, 2.75) is 29.1 Å². The quantitative estimate of drug-likeness (QED) is 0.605. The molecule has 0 nitrogen and oxygen atoms in total. The van der Waals surface area contributed by atoms with Crippen LogP contribution in [0.5, 0.6) is 0 Å². The van der Waals surface area contributed by atoms with Crippen LogP contribution in [0.1, 0.15) is 19.8 Å². The second-order valence-electron chi connectivity index (χ2n) is 1.10. The first kappa shape index (κ1) is 29.4. The fourth-order valence-corrected chi connectivity index (χ4v) is 1.19. The predicted octanol–water partition coefficient (Wildman–Crippen LogP) is 2.84. The first-order valence-electron chi connectivity index (χ1n) is 2.56. The van der Waals surface area contributed by atoms with Crippen LogP contribution in [-0.2, 0) is 0 Å². The Bertz CT molecular complexity index is 22.4. The summed E-state index contributed by atoms with van der Waals surface area (Å²) in [6.07, 6.45) is 2.80. The summed E-state index contributed by atoms with van der Waals surface area (Å²) in [4.78, 5) is 2.09. The van der Waals surface area contributed by atoms with Crippen LogP contribution in [0.15, 0.2) is 0 Å². The van der Waals surface area contributed by atoms with Crippen molar-refractivity contribution in [3.63, 3.8) is 0 Å². The fraction of sp³-hybridized carbons (Fsp3) is 1.00. The van der Waals surface area contributed by atoms with Crippen LogP contribution in [0.3, 0.4) is 0 Å². The summed E-state index contributed by atoms with van der Waals surface area (Å²) in [5, 5.41) is 0. The van der Waals surface area contributed by atoms with E-state index < -0.39 is 0 Å². The fourth-order valence-electron chi connectivity index (χ4n) is 0.177. The van der Waals surface area contributed by atoms with E-state index in [1.807, 2.05) is 0 Å². The molecule has 0 aliphatic carbocycles. The van der Waals surface area contributed by atoms with E-state index in [9.17, 15) is 0 Å². The van der Waals surface area contributed by atoms with E-state index >= 15 is 0 Å². The van der Waals surface area contributed by atoms with Gasteiger partial charge in [0.25, 0.3) is 0 Å². The van der Waals surface area contributed by atoms with Gasteiger partial charge in [-0.3, -0.25) is 0 Å². The van der Waals surface area contributed by atoms with Crippen molar-refractivity contribution in [2.75, 3.05) is 0 Å². The van der Waals surface area contributed by atoms with Gasteiger partial charge in [0, 0.05) is 0 Å². The first-order chi connectivity index (χ1) is 3.41. The van der Waals surface area contributed by atoms with Crippen molar-refractivity contribution < 1.29 is 0 Å². The molecular formula is C5H15Cl3Sn2. The summed E-state index contributed by atoms with van der Waals surface area (Å²) in [5.41, 5.74) is 0. The van der Waals surface area contributed by atoms with Gasteiger partial charge in [-0.15, -0.1) is 37.2 Å². The van der Waals surface area contributed by atoms with Crippen LogP contribution in [-0.4, -0.2) is 45.0 Å². The maximum atomic E-state index is 2.23. The molecule has 0 aromatic rings. The van der Waals surface area contributed by atoms with Gasteiger partial charge in [-0.1, -0.05) is 0 Å². The van der Waals surface area contributed by atoms with Crippen LogP contribution in [0, 0.1) is 0 Å². The summed E-state index contributed by atoms with van der Waals surface area (Å²) in [6, 6.07) is 0. The summed E-state index contributed by atoms with van der Waals surface area (Å²) in [7, 11) is 0. The zero-order valence-corrected chi connectivity index (χ0v) is 14.5. The molecule has 0 fully saturated rings. The zero-order chi connectivity index (χ0) is 6.12. The molecule has 0 rings (SSSR count). The molecule has 0 amide bonds. The van der Waals surface area contributed by atoms with E-state index in [2.05, 4.69) is 11.9 Å². The average Bonchev–Trinajstić information content (AvgIpc) is 1.75. The number of hydrogen-bond acceptors (Lipinski definition) is 0. The third-order valence-electron chi connectivity index (χ3n) is 0.530. The molecule has 64 valence electrons. The molecule has 0 atom stereocenters. The van der Waals surface area contributed by atoms with Gasteiger partial charge in [0.15, 0.2) is 0 Å². The molecule has 0 N–H and O–H groups in total. The van der Waals surface area contributed by atoms with E-state index in [-0.39, 0.29) is 37.2 Å². The Hall–Kier alpha value is 2.47. The second-order valence-corrected chi connectivity index (χ2v) is 2.53. The van der Waals surface area contributed by atoms with Crippen molar-refractivity contribution in [3.8, 4) is 0 Å². The second kappa shape index (κ2) is 42.0. The van der Waals surface area contributed by atoms with Gasteiger partial charge in [0.2, 0.25) is 0 Å². The van der Waals surface area contributed by atoms with Gasteiger partial charge in [-0.25, -0.2) is 0 Å². The third kappa shape index (κ3) is 47.0. The van der Waals surface area contributed by atoms with E-state index in [0.29, 0.717) is 0 Å². The Morgan fingerprint density at radius 2 is 1.30 bits per heavy atom. The van der Waals surface area contributed by atoms with E-state index in [1.165, 1.54) is 17.3 Å². The van der Waals surface area contributed by atoms with Gasteiger partial charge in [0.1, 0.15) is 0 Å². The van der Waals surface area contributed by atoms with E-state index in [4.69, 9.17) is 0 Å². The predicted molar refractivity (Wildman–Crippen MR) is 58.8 cm³/mol. The summed E-state index contributed by atoms with van der Waals surface area (Å²) in [5.74, 6) is 0. The molecule has 0 heterocycles. The number of rotatable bonds is 2. The molecule has 0 saturated heterocycles. The molecule has 5 heteroatoms. The number of halogens is 3. The monoisotopic (exact) mass is 420 g/mol. The van der Waals surface area contributed by atoms with Gasteiger partial charge in [-0.05, 0) is 0 Å². The standard InChI is InChI=1S/C4H9.CH3.3ClH.2Sn/c1-3-4-2;;;;;;/h1,3-4H2,2H3;1H3;3*1H;;. The van der Waals surface area contributed by atoms with Crippen LogP contribution in [0.4, 0.5) is 0 Å². The third-order valence-corrected chi connectivity index (χ3v) is 1.54. The van der Waals surface area contributed by atoms with Crippen molar-refractivity contribution in [2.24, 2.45) is 0 Å². The Labute approximate surface area is 110 Å². The Morgan fingerprint density at radius 3 is 1.30 bits per heavy atom. The van der Waals surface area contributed by atoms with Crippen molar-refractivity contribution in [3.05, 3.63) is 0 Å². The summed E-state index contributed by atoms with van der Waals surface area (Å²) >= 11 is 3.23. The van der Waals surface area contributed by atoms with Gasteiger partial charge in [0.05, 0.1) is 0 Å². The Morgan fingerprint density at radius 1 is 1.00 bits per heavy atom. The molecule has 0 unspecified atom stereocenters. The molecule has 0 aliphatic rings. The first-order valence-corrected chi connectivity index (χ1v) is 7.43. The van der Waals surface area contributed by atoms with E-state index in [0.717, 1.165) is 0 Å². The van der Waals surface area contributed by atoms with E-state index in [1.54, 1.807) is 45.0 Å². The zero-order valence-electron chi connectivity index (χ0n) is 6.35. The molecule has 0 saturated carbocycles. The van der Waals surface area contributed by atoms with Crippen molar-refractivity contribution in [1.29, 1.82) is 0 Å². The molecular weight excluding hydrogens is 404 g/mol. The van der Waals surface area contributed by atoms with Crippen molar-refractivity contribution in [1.82, 2.24) is 0 Å². The van der Waals surface area contributed by atoms with Crippen LogP contribution < -0.4 is 0 Å². The van der Waals surface area contributed by atoms with Crippen LogP contribution in [0.2, 0.25) is 9.38 Å². The SMILES string of the molecule is CCC[CH2][Sn].Cl.Cl.Cl.[CH3][Sn]. The Balaban J connectivity index is -0.0000000154. The molecule has 0 aromatic heterocycles. The normalized spacial score (nSPS) is 4.80. The molecule has 0 aromatic carbocycles. The minimum atomic E-state index is 0. The van der Waals surface area contributed by atoms with Crippen LogP contribution >= 0.6 is 37.2 Å². The van der Waals surface area contributed by atoms with Gasteiger partial charge in [-0.2, -0.15) is 0 Å².